The molecule has 3 nitrogen and oxygen atoms in total. The highest BCUT2D eigenvalue weighted by Crippen LogP contribution is 2.34. The molecule has 0 N–H and O–H groups in total. The van der Waals surface area contributed by atoms with Crippen LogP contribution in [0.15, 0.2) is 41.4 Å². The third kappa shape index (κ3) is 4.19. The molecule has 0 saturated carbocycles. The average Bonchev–Trinajstić information content (AvgIpc) is 2.52. The van der Waals surface area contributed by atoms with Crippen LogP contribution in [0.2, 0.25) is 0 Å². The van der Waals surface area contributed by atoms with E-state index in [2.05, 4.69) is 50.9 Å². The molecule has 0 atom stereocenters. The Morgan fingerprint density at radius 1 is 0.913 bits per heavy atom. The molecule has 122 valence electrons. The van der Waals surface area contributed by atoms with E-state index in [9.17, 15) is 0 Å². The van der Waals surface area contributed by atoms with Crippen LogP contribution in [0.3, 0.4) is 0 Å². The van der Waals surface area contributed by atoms with Gasteiger partial charge < -0.3 is 4.90 Å². The maximum absolute atomic E-state index is 4.81. The minimum atomic E-state index is 0.446. The molecule has 1 heterocycles. The number of rotatable bonds is 5. The number of anilines is 1. The Hall–Kier alpha value is -2.16. The topological polar surface area (TPSA) is 28.5 Å². The first-order valence-electron chi connectivity index (χ1n) is 8.21. The van der Waals surface area contributed by atoms with Gasteiger partial charge in [0.15, 0.2) is 0 Å². The molecule has 0 radical (unpaired) electrons. The summed E-state index contributed by atoms with van der Waals surface area (Å²) in [5, 5.41) is 0. The van der Waals surface area contributed by atoms with Gasteiger partial charge in [0.05, 0.1) is 17.6 Å². The summed E-state index contributed by atoms with van der Waals surface area (Å²) in [5.74, 6) is 1.83. The second-order valence-electron chi connectivity index (χ2n) is 6.67. The Bertz CT molecular complexity index is 659. The van der Waals surface area contributed by atoms with Gasteiger partial charge in [-0.25, -0.2) is 4.98 Å². The van der Waals surface area contributed by atoms with Gasteiger partial charge in [0.25, 0.3) is 0 Å². The monoisotopic (exact) mass is 309 g/mol. The van der Waals surface area contributed by atoms with E-state index >= 15 is 0 Å². The Labute approximate surface area is 140 Å². The van der Waals surface area contributed by atoms with Crippen molar-refractivity contribution in [3.63, 3.8) is 0 Å². The van der Waals surface area contributed by atoms with Crippen LogP contribution in [0.5, 0.6) is 0 Å². The summed E-state index contributed by atoms with van der Waals surface area (Å²) in [6.45, 7) is 8.85. The lowest BCUT2D eigenvalue weighted by Crippen LogP contribution is -2.11. The molecule has 0 aliphatic heterocycles. The first-order chi connectivity index (χ1) is 10.9. The molecule has 0 aliphatic rings. The van der Waals surface area contributed by atoms with Gasteiger partial charge in [0, 0.05) is 14.1 Å². The van der Waals surface area contributed by atoms with Gasteiger partial charge >= 0.3 is 0 Å². The summed E-state index contributed by atoms with van der Waals surface area (Å²) in [6, 6.07) is 12.5. The van der Waals surface area contributed by atoms with Crippen molar-refractivity contribution >= 4 is 17.7 Å². The number of para-hydroxylation sites is 1. The molecule has 0 aliphatic carbocycles. The standard InChI is InChI=1S/C20H27N3/c1-14(2)17-10-8-11-18(15(3)4)20(17)21-13-16-9-7-12-19(22-16)23(5)6/h7-15H,1-6H3/b21-13+. The Balaban J connectivity index is 2.44. The fourth-order valence-corrected chi connectivity index (χ4v) is 2.55. The summed E-state index contributed by atoms with van der Waals surface area (Å²) in [7, 11) is 3.99. The number of benzene rings is 1. The van der Waals surface area contributed by atoms with Gasteiger partial charge in [-0.3, -0.25) is 4.99 Å². The van der Waals surface area contributed by atoms with Crippen molar-refractivity contribution in [2.45, 2.75) is 39.5 Å². The Morgan fingerprint density at radius 3 is 2.00 bits per heavy atom. The molecular weight excluding hydrogens is 282 g/mol. The van der Waals surface area contributed by atoms with E-state index in [-0.39, 0.29) is 0 Å². The summed E-state index contributed by atoms with van der Waals surface area (Å²) < 4.78 is 0. The zero-order chi connectivity index (χ0) is 17.0. The van der Waals surface area contributed by atoms with E-state index in [1.165, 1.54) is 11.1 Å². The van der Waals surface area contributed by atoms with E-state index in [4.69, 9.17) is 4.99 Å². The van der Waals surface area contributed by atoms with Gasteiger partial charge in [0.1, 0.15) is 5.82 Å². The molecule has 0 saturated heterocycles. The Morgan fingerprint density at radius 2 is 1.48 bits per heavy atom. The lowest BCUT2D eigenvalue weighted by Gasteiger charge is -2.16. The largest absolute Gasteiger partial charge is 0.363 e. The molecule has 0 fully saturated rings. The van der Waals surface area contributed by atoms with Crippen molar-refractivity contribution in [2.75, 3.05) is 19.0 Å². The molecule has 2 aromatic rings. The fourth-order valence-electron chi connectivity index (χ4n) is 2.55. The van der Waals surface area contributed by atoms with Crippen LogP contribution in [-0.4, -0.2) is 25.3 Å². The highest BCUT2D eigenvalue weighted by molar-refractivity contribution is 5.81. The summed E-state index contributed by atoms with van der Waals surface area (Å²) in [4.78, 5) is 11.4. The quantitative estimate of drug-likeness (QED) is 0.715. The van der Waals surface area contributed by atoms with E-state index in [1.807, 2.05) is 43.4 Å². The fraction of sp³-hybridized carbons (Fsp3) is 0.400. The van der Waals surface area contributed by atoms with Crippen molar-refractivity contribution in [1.82, 2.24) is 4.98 Å². The predicted molar refractivity (Wildman–Crippen MR) is 100 cm³/mol. The van der Waals surface area contributed by atoms with Gasteiger partial charge in [0.2, 0.25) is 0 Å². The first-order valence-corrected chi connectivity index (χ1v) is 8.21. The molecule has 0 bridgehead atoms. The number of aromatic nitrogens is 1. The van der Waals surface area contributed by atoms with Crippen molar-refractivity contribution in [3.05, 3.63) is 53.2 Å². The second-order valence-corrected chi connectivity index (χ2v) is 6.67. The maximum atomic E-state index is 4.81. The molecule has 3 heteroatoms. The number of aliphatic imine (C=N–C) groups is 1. The summed E-state index contributed by atoms with van der Waals surface area (Å²) >= 11 is 0. The van der Waals surface area contributed by atoms with Crippen molar-refractivity contribution in [2.24, 2.45) is 4.99 Å². The lowest BCUT2D eigenvalue weighted by atomic mass is 9.93. The van der Waals surface area contributed by atoms with Crippen molar-refractivity contribution < 1.29 is 0 Å². The molecule has 0 unspecified atom stereocenters. The van der Waals surface area contributed by atoms with Gasteiger partial charge in [-0.15, -0.1) is 0 Å². The smallest absolute Gasteiger partial charge is 0.128 e. The van der Waals surface area contributed by atoms with Crippen molar-refractivity contribution in [3.8, 4) is 0 Å². The number of nitrogens with zero attached hydrogens (tertiary/aromatic N) is 3. The summed E-state index contributed by atoms with van der Waals surface area (Å²) in [6.07, 6.45) is 1.88. The van der Waals surface area contributed by atoms with Crippen LogP contribution in [0.1, 0.15) is 56.4 Å². The summed E-state index contributed by atoms with van der Waals surface area (Å²) in [5.41, 5.74) is 4.55. The molecule has 2 rings (SSSR count). The van der Waals surface area contributed by atoms with Crippen LogP contribution in [0, 0.1) is 0 Å². The van der Waals surface area contributed by atoms with Crippen LogP contribution >= 0.6 is 0 Å². The number of hydrogen-bond acceptors (Lipinski definition) is 3. The van der Waals surface area contributed by atoms with Crippen LogP contribution in [0.25, 0.3) is 0 Å². The molecule has 0 spiro atoms. The minimum Gasteiger partial charge on any atom is -0.363 e. The van der Waals surface area contributed by atoms with Gasteiger partial charge in [-0.1, -0.05) is 52.0 Å². The van der Waals surface area contributed by atoms with E-state index in [1.54, 1.807) is 0 Å². The lowest BCUT2D eigenvalue weighted by molar-refractivity contribution is 0.835. The SMILES string of the molecule is CC(C)c1cccc(C(C)C)c1/N=C/c1cccc(N(C)C)n1. The first kappa shape index (κ1) is 17.2. The molecule has 1 aromatic heterocycles. The third-order valence-corrected chi connectivity index (χ3v) is 3.88. The predicted octanol–water partition coefficient (Wildman–Crippen LogP) is 5.15. The highest BCUT2D eigenvalue weighted by atomic mass is 15.1. The normalized spacial score (nSPS) is 11.7. The van der Waals surface area contributed by atoms with Crippen LogP contribution < -0.4 is 4.90 Å². The van der Waals surface area contributed by atoms with Crippen molar-refractivity contribution in [1.29, 1.82) is 0 Å². The molecule has 23 heavy (non-hydrogen) atoms. The molecular formula is C20H27N3. The highest BCUT2D eigenvalue weighted by Gasteiger charge is 2.12. The average molecular weight is 309 g/mol. The van der Waals surface area contributed by atoms with Crippen LogP contribution in [0.4, 0.5) is 11.5 Å². The van der Waals surface area contributed by atoms with Crippen LogP contribution in [-0.2, 0) is 0 Å². The maximum Gasteiger partial charge on any atom is 0.128 e. The third-order valence-electron chi connectivity index (χ3n) is 3.88. The Kier molecular flexibility index (Phi) is 5.54. The number of pyridine rings is 1. The van der Waals surface area contributed by atoms with E-state index in [0.717, 1.165) is 17.2 Å². The zero-order valence-corrected chi connectivity index (χ0v) is 15.0. The van der Waals surface area contributed by atoms with E-state index in [0.29, 0.717) is 11.8 Å². The zero-order valence-electron chi connectivity index (χ0n) is 15.0. The second kappa shape index (κ2) is 7.40. The van der Waals surface area contributed by atoms with E-state index < -0.39 is 0 Å². The molecule has 1 aromatic carbocycles. The van der Waals surface area contributed by atoms with Gasteiger partial charge in [-0.2, -0.15) is 0 Å². The van der Waals surface area contributed by atoms with Gasteiger partial charge in [-0.05, 0) is 35.1 Å². The molecule has 0 amide bonds. The minimum absolute atomic E-state index is 0.446. The number of hydrogen-bond donors (Lipinski definition) is 0.